The number of rotatable bonds is 7. The van der Waals surface area contributed by atoms with Crippen molar-refractivity contribution in [3.8, 4) is 5.75 Å². The van der Waals surface area contributed by atoms with Gasteiger partial charge < -0.3 is 18.9 Å². The zero-order valence-corrected chi connectivity index (χ0v) is 20.8. The Bertz CT molecular complexity index is 1520. The second-order valence-corrected chi connectivity index (χ2v) is 9.54. The van der Waals surface area contributed by atoms with E-state index < -0.39 is 0 Å². The molecule has 0 N–H and O–H groups in total. The Labute approximate surface area is 216 Å². The Morgan fingerprint density at radius 3 is 2.24 bits per heavy atom. The maximum Gasteiger partial charge on any atom is 0.227 e. The number of hydrogen-bond acceptors (Lipinski definition) is 3. The first-order chi connectivity index (χ1) is 18.2. The third kappa shape index (κ3) is 5.09. The molecule has 4 aromatic carbocycles. The standard InChI is InChI=1S/C32H30N2O3/c35-32(33-16-18-36-19-17-33)21-26-12-15-29-28-8-4-5-9-30(28)34(31(29)20-26)22-24-10-13-27(14-11-24)37-23-25-6-2-1-3-7-25/h1-15,20H,16-19,21-23H2. The van der Waals surface area contributed by atoms with Gasteiger partial charge in [0.2, 0.25) is 5.91 Å². The normalized spacial score (nSPS) is 13.8. The highest BCUT2D eigenvalue weighted by Crippen LogP contribution is 2.31. The van der Waals surface area contributed by atoms with Crippen LogP contribution >= 0.6 is 0 Å². The minimum Gasteiger partial charge on any atom is -0.489 e. The van der Waals surface area contributed by atoms with Crippen molar-refractivity contribution in [1.29, 1.82) is 0 Å². The Morgan fingerprint density at radius 2 is 1.43 bits per heavy atom. The molecule has 0 radical (unpaired) electrons. The van der Waals surface area contributed by atoms with Gasteiger partial charge in [0.25, 0.3) is 0 Å². The second kappa shape index (κ2) is 10.5. The van der Waals surface area contributed by atoms with E-state index in [2.05, 4.69) is 71.3 Å². The minimum absolute atomic E-state index is 0.163. The molecule has 0 atom stereocenters. The van der Waals surface area contributed by atoms with Crippen molar-refractivity contribution < 1.29 is 14.3 Å². The largest absolute Gasteiger partial charge is 0.489 e. The Hall–Kier alpha value is -4.09. The highest BCUT2D eigenvalue weighted by Gasteiger charge is 2.18. The number of hydrogen-bond donors (Lipinski definition) is 0. The van der Waals surface area contributed by atoms with Crippen LogP contribution in [0.15, 0.2) is 97.1 Å². The third-order valence-electron chi connectivity index (χ3n) is 7.07. The van der Waals surface area contributed by atoms with Gasteiger partial charge in [0.15, 0.2) is 0 Å². The first-order valence-corrected chi connectivity index (χ1v) is 12.9. The van der Waals surface area contributed by atoms with E-state index in [9.17, 15) is 4.79 Å². The average Bonchev–Trinajstić information content (AvgIpc) is 3.26. The van der Waals surface area contributed by atoms with Crippen LogP contribution < -0.4 is 4.74 Å². The summed E-state index contributed by atoms with van der Waals surface area (Å²) in [6, 6.07) is 33.5. The number of nitrogens with zero attached hydrogens (tertiary/aromatic N) is 2. The maximum absolute atomic E-state index is 12.9. The summed E-state index contributed by atoms with van der Waals surface area (Å²) >= 11 is 0. The predicted octanol–water partition coefficient (Wildman–Crippen LogP) is 5.82. The van der Waals surface area contributed by atoms with E-state index in [1.54, 1.807) is 0 Å². The van der Waals surface area contributed by atoms with Gasteiger partial charge >= 0.3 is 0 Å². The van der Waals surface area contributed by atoms with Gasteiger partial charge in [-0.25, -0.2) is 0 Å². The summed E-state index contributed by atoms with van der Waals surface area (Å²) < 4.78 is 13.7. The number of aromatic nitrogens is 1. The van der Waals surface area contributed by atoms with Crippen LogP contribution in [0.2, 0.25) is 0 Å². The van der Waals surface area contributed by atoms with E-state index >= 15 is 0 Å². The Kier molecular flexibility index (Phi) is 6.61. The summed E-state index contributed by atoms with van der Waals surface area (Å²) in [5.41, 5.74) is 5.73. The molecule has 1 saturated heterocycles. The van der Waals surface area contributed by atoms with Gasteiger partial charge in [-0.15, -0.1) is 0 Å². The molecule has 5 nitrogen and oxygen atoms in total. The molecule has 0 aliphatic carbocycles. The van der Waals surface area contributed by atoms with E-state index in [4.69, 9.17) is 9.47 Å². The molecule has 0 unspecified atom stereocenters. The topological polar surface area (TPSA) is 43.7 Å². The van der Waals surface area contributed by atoms with Crippen molar-refractivity contribution in [3.05, 3.63) is 114 Å². The van der Waals surface area contributed by atoms with Gasteiger partial charge in [-0.1, -0.05) is 72.8 Å². The molecule has 1 aliphatic heterocycles. The Morgan fingerprint density at radius 1 is 0.730 bits per heavy atom. The molecule has 37 heavy (non-hydrogen) atoms. The monoisotopic (exact) mass is 490 g/mol. The summed E-state index contributed by atoms with van der Waals surface area (Å²) in [6.45, 7) is 3.88. The molecule has 2 heterocycles. The van der Waals surface area contributed by atoms with Crippen molar-refractivity contribution in [2.24, 2.45) is 0 Å². The van der Waals surface area contributed by atoms with Crippen molar-refractivity contribution in [1.82, 2.24) is 9.47 Å². The SMILES string of the molecule is O=C(Cc1ccc2c3ccccc3n(Cc3ccc(OCc4ccccc4)cc3)c2c1)N1CCOCC1. The molecule has 0 spiro atoms. The van der Waals surface area contributed by atoms with Crippen molar-refractivity contribution >= 4 is 27.7 Å². The van der Waals surface area contributed by atoms with Crippen molar-refractivity contribution in [2.75, 3.05) is 26.3 Å². The number of amides is 1. The molecular formula is C32H30N2O3. The second-order valence-electron chi connectivity index (χ2n) is 9.54. The van der Waals surface area contributed by atoms with E-state index in [1.165, 1.54) is 21.9 Å². The lowest BCUT2D eigenvalue weighted by Crippen LogP contribution is -2.41. The minimum atomic E-state index is 0.163. The fraction of sp³-hybridized carbons (Fsp3) is 0.219. The lowest BCUT2D eigenvalue weighted by Gasteiger charge is -2.26. The Balaban J connectivity index is 1.25. The third-order valence-corrected chi connectivity index (χ3v) is 7.07. The molecule has 5 heteroatoms. The van der Waals surface area contributed by atoms with Crippen molar-refractivity contribution in [2.45, 2.75) is 19.6 Å². The van der Waals surface area contributed by atoms with Crippen LogP contribution in [-0.4, -0.2) is 41.7 Å². The number of morpholine rings is 1. The lowest BCUT2D eigenvalue weighted by molar-refractivity contribution is -0.134. The molecule has 0 bridgehead atoms. The fourth-order valence-corrected chi connectivity index (χ4v) is 5.09. The molecule has 1 aliphatic rings. The van der Waals surface area contributed by atoms with E-state index in [0.29, 0.717) is 39.3 Å². The highest BCUT2D eigenvalue weighted by atomic mass is 16.5. The fourth-order valence-electron chi connectivity index (χ4n) is 5.09. The lowest BCUT2D eigenvalue weighted by atomic mass is 10.1. The van der Waals surface area contributed by atoms with Gasteiger partial charge in [0.05, 0.1) is 19.6 Å². The molecule has 6 rings (SSSR count). The average molecular weight is 491 g/mol. The summed E-state index contributed by atoms with van der Waals surface area (Å²) in [5, 5.41) is 2.44. The maximum atomic E-state index is 12.9. The van der Waals surface area contributed by atoms with Gasteiger partial charge in [0.1, 0.15) is 12.4 Å². The van der Waals surface area contributed by atoms with Crippen LogP contribution in [0.5, 0.6) is 5.75 Å². The smallest absolute Gasteiger partial charge is 0.227 e. The molecular weight excluding hydrogens is 460 g/mol. The summed E-state index contributed by atoms with van der Waals surface area (Å²) in [4.78, 5) is 14.8. The first kappa shape index (κ1) is 23.3. The summed E-state index contributed by atoms with van der Waals surface area (Å²) in [7, 11) is 0. The van der Waals surface area contributed by atoms with Gasteiger partial charge in [-0.05, 0) is 41.0 Å². The van der Waals surface area contributed by atoms with E-state index in [0.717, 1.165) is 28.9 Å². The first-order valence-electron chi connectivity index (χ1n) is 12.9. The van der Waals surface area contributed by atoms with Crippen LogP contribution in [0.1, 0.15) is 16.7 Å². The molecule has 1 fully saturated rings. The van der Waals surface area contributed by atoms with Crippen LogP contribution in [0.25, 0.3) is 21.8 Å². The molecule has 1 aromatic heterocycles. The van der Waals surface area contributed by atoms with Crippen molar-refractivity contribution in [3.63, 3.8) is 0 Å². The summed E-state index contributed by atoms with van der Waals surface area (Å²) in [5.74, 6) is 1.02. The van der Waals surface area contributed by atoms with Crippen LogP contribution in [0.4, 0.5) is 0 Å². The molecule has 1 amide bonds. The number of carbonyl (C=O) groups is 1. The number of benzene rings is 4. The quantitative estimate of drug-likeness (QED) is 0.289. The van der Waals surface area contributed by atoms with E-state index in [1.807, 2.05) is 35.2 Å². The number of para-hydroxylation sites is 1. The zero-order valence-electron chi connectivity index (χ0n) is 20.8. The number of carbonyl (C=O) groups excluding carboxylic acids is 1. The van der Waals surface area contributed by atoms with Gasteiger partial charge in [-0.3, -0.25) is 4.79 Å². The summed E-state index contributed by atoms with van der Waals surface area (Å²) in [6.07, 6.45) is 0.408. The van der Waals surface area contributed by atoms with Gasteiger partial charge in [0, 0.05) is 41.4 Å². The van der Waals surface area contributed by atoms with Crippen LogP contribution in [0.3, 0.4) is 0 Å². The molecule has 186 valence electrons. The predicted molar refractivity (Wildman–Crippen MR) is 147 cm³/mol. The van der Waals surface area contributed by atoms with Crippen LogP contribution in [0, 0.1) is 0 Å². The molecule has 0 saturated carbocycles. The highest BCUT2D eigenvalue weighted by molar-refractivity contribution is 6.08. The number of ether oxygens (including phenoxy) is 2. The van der Waals surface area contributed by atoms with Crippen LogP contribution in [-0.2, 0) is 29.1 Å². The van der Waals surface area contributed by atoms with E-state index in [-0.39, 0.29) is 5.91 Å². The zero-order chi connectivity index (χ0) is 25.0. The number of fused-ring (bicyclic) bond motifs is 3. The van der Waals surface area contributed by atoms with Gasteiger partial charge in [-0.2, -0.15) is 0 Å². The molecule has 5 aromatic rings.